The highest BCUT2D eigenvalue weighted by Crippen LogP contribution is 2.62. The van der Waals surface area contributed by atoms with E-state index in [-0.39, 0.29) is 11.4 Å². The topological polar surface area (TPSA) is 72.9 Å². The molecule has 0 aliphatic heterocycles. The lowest BCUT2D eigenvalue weighted by Crippen LogP contribution is -2.76. The van der Waals surface area contributed by atoms with Crippen LogP contribution in [0.25, 0.3) is 10.9 Å². The van der Waals surface area contributed by atoms with E-state index in [0.29, 0.717) is 48.7 Å². The summed E-state index contributed by atoms with van der Waals surface area (Å²) in [6.07, 6.45) is 2.87. The zero-order valence-electron chi connectivity index (χ0n) is 11.9. The van der Waals surface area contributed by atoms with Gasteiger partial charge in [0.25, 0.3) is 5.91 Å². The molecule has 1 amide bonds. The number of nitrogens with zero attached hydrogens (tertiary/aromatic N) is 2. The summed E-state index contributed by atoms with van der Waals surface area (Å²) in [5.41, 5.74) is 5.47. The summed E-state index contributed by atoms with van der Waals surface area (Å²) in [4.78, 5) is 16.7. The minimum Gasteiger partial charge on any atom is -0.345 e. The van der Waals surface area contributed by atoms with E-state index >= 15 is 0 Å². The van der Waals surface area contributed by atoms with Crippen LogP contribution in [0.5, 0.6) is 0 Å². The van der Waals surface area contributed by atoms with E-state index in [9.17, 15) is 9.18 Å². The standard InChI is InChI=1S/C15H16ClFN4O/c16-12-11-9(1-3-19-12)5-10(21(11)4-2-18)13(22)20-15-6-14(17,7-15)8-15/h1,3,5H,2,4,6-8,18H2,(H,20,22). The first-order valence-electron chi connectivity index (χ1n) is 7.31. The zero-order valence-corrected chi connectivity index (χ0v) is 12.7. The van der Waals surface area contributed by atoms with E-state index in [2.05, 4.69) is 10.3 Å². The van der Waals surface area contributed by atoms with Crippen molar-refractivity contribution in [2.45, 2.75) is 37.0 Å². The van der Waals surface area contributed by atoms with Gasteiger partial charge in [0.15, 0.2) is 5.15 Å². The van der Waals surface area contributed by atoms with Crippen LogP contribution in [0.15, 0.2) is 18.3 Å². The molecule has 22 heavy (non-hydrogen) atoms. The lowest BCUT2D eigenvalue weighted by Gasteiger charge is -2.65. The van der Waals surface area contributed by atoms with Gasteiger partial charge in [-0.2, -0.15) is 0 Å². The Morgan fingerprint density at radius 3 is 2.86 bits per heavy atom. The molecule has 5 nitrogen and oxygen atoms in total. The van der Waals surface area contributed by atoms with Crippen molar-refractivity contribution in [3.05, 3.63) is 29.2 Å². The Morgan fingerprint density at radius 1 is 1.50 bits per heavy atom. The lowest BCUT2D eigenvalue weighted by molar-refractivity contribution is -0.162. The maximum atomic E-state index is 13.6. The molecule has 0 saturated heterocycles. The molecule has 2 aromatic rings. The third kappa shape index (κ3) is 1.87. The first-order valence-corrected chi connectivity index (χ1v) is 7.68. The second kappa shape index (κ2) is 4.43. The van der Waals surface area contributed by atoms with Gasteiger partial charge in [0.1, 0.15) is 11.4 Å². The first-order chi connectivity index (χ1) is 10.5. The van der Waals surface area contributed by atoms with Crippen LogP contribution in [0, 0.1) is 0 Å². The minimum absolute atomic E-state index is 0.206. The second-order valence-electron chi connectivity index (χ2n) is 6.43. The highest BCUT2D eigenvalue weighted by molar-refractivity contribution is 6.34. The Labute approximate surface area is 131 Å². The van der Waals surface area contributed by atoms with Gasteiger partial charge in [-0.25, -0.2) is 9.37 Å². The molecule has 3 aliphatic rings. The van der Waals surface area contributed by atoms with Crippen LogP contribution in [-0.4, -0.2) is 33.2 Å². The molecule has 116 valence electrons. The summed E-state index contributed by atoms with van der Waals surface area (Å²) in [6.45, 7) is 0.853. The smallest absolute Gasteiger partial charge is 0.268 e. The number of amides is 1. The molecule has 2 heterocycles. The SMILES string of the molecule is NCCn1c(C(=O)NC23CC(F)(C2)C3)cc2ccnc(Cl)c21. The van der Waals surface area contributed by atoms with Gasteiger partial charge in [-0.3, -0.25) is 4.79 Å². The average molecular weight is 323 g/mol. The van der Waals surface area contributed by atoms with Gasteiger partial charge in [-0.1, -0.05) is 11.6 Å². The first kappa shape index (κ1) is 14.0. The van der Waals surface area contributed by atoms with E-state index in [1.165, 1.54) is 0 Å². The van der Waals surface area contributed by atoms with Gasteiger partial charge in [0, 0.05) is 49.5 Å². The number of carbonyl (C=O) groups is 1. The predicted molar refractivity (Wildman–Crippen MR) is 81.7 cm³/mol. The fraction of sp³-hybridized carbons (Fsp3) is 0.467. The summed E-state index contributed by atoms with van der Waals surface area (Å²) in [5.74, 6) is -0.206. The molecule has 3 fully saturated rings. The van der Waals surface area contributed by atoms with Crippen LogP contribution in [0.4, 0.5) is 4.39 Å². The molecule has 5 rings (SSSR count). The van der Waals surface area contributed by atoms with Crippen LogP contribution < -0.4 is 11.1 Å². The van der Waals surface area contributed by atoms with Crippen molar-refractivity contribution in [2.75, 3.05) is 6.54 Å². The van der Waals surface area contributed by atoms with Crippen LogP contribution in [0.3, 0.4) is 0 Å². The summed E-state index contributed by atoms with van der Waals surface area (Å²) >= 11 is 6.16. The number of nitrogens with one attached hydrogen (secondary N) is 1. The molecule has 2 aromatic heterocycles. The number of alkyl halides is 1. The van der Waals surface area contributed by atoms with Crippen LogP contribution in [0.2, 0.25) is 5.15 Å². The molecule has 2 bridgehead atoms. The number of pyridine rings is 1. The molecule has 0 spiro atoms. The highest BCUT2D eigenvalue weighted by atomic mass is 35.5. The number of hydrogen-bond donors (Lipinski definition) is 2. The number of halogens is 2. The number of rotatable bonds is 4. The van der Waals surface area contributed by atoms with Gasteiger partial charge in [0.05, 0.1) is 5.52 Å². The van der Waals surface area contributed by atoms with E-state index in [1.807, 2.05) is 6.07 Å². The number of hydrogen-bond acceptors (Lipinski definition) is 3. The maximum absolute atomic E-state index is 13.6. The average Bonchev–Trinajstić information content (AvgIpc) is 2.76. The molecule has 0 aromatic carbocycles. The van der Waals surface area contributed by atoms with Gasteiger partial charge < -0.3 is 15.6 Å². The van der Waals surface area contributed by atoms with Crippen molar-refractivity contribution < 1.29 is 9.18 Å². The summed E-state index contributed by atoms with van der Waals surface area (Å²) in [6, 6.07) is 3.59. The molecule has 3 aliphatic carbocycles. The van der Waals surface area contributed by atoms with Crippen LogP contribution in [0.1, 0.15) is 29.8 Å². The summed E-state index contributed by atoms with van der Waals surface area (Å²) in [5, 5.41) is 4.17. The van der Waals surface area contributed by atoms with E-state index < -0.39 is 5.67 Å². The third-order valence-electron chi connectivity index (χ3n) is 4.69. The Balaban J connectivity index is 1.70. The largest absolute Gasteiger partial charge is 0.345 e. The quantitative estimate of drug-likeness (QED) is 0.846. The van der Waals surface area contributed by atoms with Crippen LogP contribution >= 0.6 is 11.6 Å². The van der Waals surface area contributed by atoms with Crippen molar-refractivity contribution in [3.63, 3.8) is 0 Å². The van der Waals surface area contributed by atoms with E-state index in [4.69, 9.17) is 17.3 Å². The number of fused-ring (bicyclic) bond motifs is 1. The van der Waals surface area contributed by atoms with Crippen molar-refractivity contribution in [1.82, 2.24) is 14.9 Å². The predicted octanol–water partition coefficient (Wildman–Crippen LogP) is 2.02. The Kier molecular flexibility index (Phi) is 2.81. The number of carbonyl (C=O) groups excluding carboxylic acids is 1. The molecule has 0 unspecified atom stereocenters. The zero-order chi connectivity index (χ0) is 15.5. The normalized spacial score (nSPS) is 29.0. The molecule has 0 radical (unpaired) electrons. The second-order valence-corrected chi connectivity index (χ2v) is 6.78. The fourth-order valence-corrected chi connectivity index (χ4v) is 4.09. The van der Waals surface area contributed by atoms with Gasteiger partial charge in [-0.05, 0) is 12.1 Å². The summed E-state index contributed by atoms with van der Waals surface area (Å²) in [7, 11) is 0. The van der Waals surface area contributed by atoms with Gasteiger partial charge in [0.2, 0.25) is 0 Å². The Morgan fingerprint density at radius 2 is 2.23 bits per heavy atom. The van der Waals surface area contributed by atoms with Crippen LogP contribution in [-0.2, 0) is 6.54 Å². The van der Waals surface area contributed by atoms with Gasteiger partial charge >= 0.3 is 0 Å². The van der Waals surface area contributed by atoms with E-state index in [0.717, 1.165) is 5.39 Å². The molecule has 3 N–H and O–H groups in total. The lowest BCUT2D eigenvalue weighted by atomic mass is 9.47. The Hall–Kier alpha value is -1.66. The van der Waals surface area contributed by atoms with Crippen molar-refractivity contribution >= 4 is 28.4 Å². The monoisotopic (exact) mass is 322 g/mol. The third-order valence-corrected chi connectivity index (χ3v) is 4.97. The van der Waals surface area contributed by atoms with Gasteiger partial charge in [-0.15, -0.1) is 0 Å². The molecular formula is C15H16ClFN4O. The van der Waals surface area contributed by atoms with Crippen molar-refractivity contribution in [2.24, 2.45) is 5.73 Å². The number of nitrogens with two attached hydrogens (primary N) is 1. The fourth-order valence-electron chi connectivity index (χ4n) is 3.82. The molecule has 3 saturated carbocycles. The Bertz CT molecular complexity index is 767. The molecule has 7 heteroatoms. The van der Waals surface area contributed by atoms with Crippen molar-refractivity contribution in [3.8, 4) is 0 Å². The summed E-state index contributed by atoms with van der Waals surface area (Å²) < 4.78 is 15.4. The molecular weight excluding hydrogens is 307 g/mol. The van der Waals surface area contributed by atoms with E-state index in [1.54, 1.807) is 16.8 Å². The molecule has 0 atom stereocenters. The minimum atomic E-state index is -1.04. The number of aromatic nitrogens is 2. The maximum Gasteiger partial charge on any atom is 0.268 e. The highest BCUT2D eigenvalue weighted by Gasteiger charge is 2.69. The van der Waals surface area contributed by atoms with Crippen molar-refractivity contribution in [1.29, 1.82) is 0 Å².